The van der Waals surface area contributed by atoms with E-state index in [1.165, 1.54) is 5.39 Å². The second kappa shape index (κ2) is 12.0. The molecule has 0 atom stereocenters. The van der Waals surface area contributed by atoms with E-state index in [4.69, 9.17) is 9.47 Å². The predicted molar refractivity (Wildman–Crippen MR) is 147 cm³/mol. The van der Waals surface area contributed by atoms with Gasteiger partial charge in [-0.3, -0.25) is 4.79 Å². The fraction of sp³-hybridized carbons (Fsp3) is 0.143. The van der Waals surface area contributed by atoms with E-state index in [0.717, 1.165) is 31.0 Å². The molecule has 4 aromatic carbocycles. The van der Waals surface area contributed by atoms with Gasteiger partial charge in [0.1, 0.15) is 6.61 Å². The summed E-state index contributed by atoms with van der Waals surface area (Å²) in [6.45, 7) is 2.81. The molecule has 0 saturated heterocycles. The molecule has 0 aliphatic carbocycles. The SMILES string of the molecule is CCOc1cc(/C=N/NC(=O)Cc2ccc(Br)cc2)cc(Br)c1OCc1cccc2ccccc12. The summed E-state index contributed by atoms with van der Waals surface area (Å²) in [5.41, 5.74) is 5.35. The quantitative estimate of drug-likeness (QED) is 0.167. The lowest BCUT2D eigenvalue weighted by molar-refractivity contribution is -0.120. The van der Waals surface area contributed by atoms with Crippen molar-refractivity contribution in [2.24, 2.45) is 5.10 Å². The lowest BCUT2D eigenvalue weighted by Crippen LogP contribution is -2.19. The van der Waals surface area contributed by atoms with Crippen molar-refractivity contribution in [3.8, 4) is 11.5 Å². The van der Waals surface area contributed by atoms with Crippen LogP contribution in [-0.2, 0) is 17.8 Å². The summed E-state index contributed by atoms with van der Waals surface area (Å²) in [5, 5.41) is 6.44. The number of hydrogen-bond donors (Lipinski definition) is 1. The van der Waals surface area contributed by atoms with Crippen molar-refractivity contribution in [3.05, 3.63) is 104 Å². The maximum Gasteiger partial charge on any atom is 0.244 e. The minimum absolute atomic E-state index is 0.192. The van der Waals surface area contributed by atoms with Crippen molar-refractivity contribution in [1.29, 1.82) is 0 Å². The zero-order valence-electron chi connectivity index (χ0n) is 19.1. The number of amides is 1. The molecule has 1 amide bonds. The number of nitrogens with one attached hydrogen (secondary N) is 1. The Morgan fingerprint density at radius 1 is 0.971 bits per heavy atom. The number of benzene rings is 4. The molecule has 0 radical (unpaired) electrons. The van der Waals surface area contributed by atoms with Gasteiger partial charge in [0.2, 0.25) is 5.91 Å². The van der Waals surface area contributed by atoms with Gasteiger partial charge in [-0.05, 0) is 74.6 Å². The Hall–Kier alpha value is -3.16. The number of nitrogens with zero attached hydrogens (tertiary/aromatic N) is 1. The Morgan fingerprint density at radius 2 is 1.74 bits per heavy atom. The van der Waals surface area contributed by atoms with Gasteiger partial charge in [0, 0.05) is 4.47 Å². The van der Waals surface area contributed by atoms with Crippen LogP contribution in [0.15, 0.2) is 92.9 Å². The van der Waals surface area contributed by atoms with Crippen LogP contribution in [-0.4, -0.2) is 18.7 Å². The third kappa shape index (κ3) is 6.71. The number of halogens is 2. The Morgan fingerprint density at radius 3 is 2.54 bits per heavy atom. The molecular weight excluding hydrogens is 572 g/mol. The van der Waals surface area contributed by atoms with Gasteiger partial charge >= 0.3 is 0 Å². The van der Waals surface area contributed by atoms with Crippen LogP contribution in [0.4, 0.5) is 0 Å². The number of carbonyl (C=O) groups excluding carboxylic acids is 1. The largest absolute Gasteiger partial charge is 0.490 e. The van der Waals surface area contributed by atoms with Crippen molar-refractivity contribution in [2.45, 2.75) is 20.0 Å². The van der Waals surface area contributed by atoms with Crippen molar-refractivity contribution >= 4 is 54.8 Å². The van der Waals surface area contributed by atoms with Crippen LogP contribution in [0, 0.1) is 0 Å². The lowest BCUT2D eigenvalue weighted by atomic mass is 10.1. The number of rotatable bonds is 9. The van der Waals surface area contributed by atoms with E-state index in [1.54, 1.807) is 6.21 Å². The molecule has 178 valence electrons. The molecule has 0 aliphatic heterocycles. The predicted octanol–water partition coefficient (Wildman–Crippen LogP) is 7.04. The molecule has 0 aliphatic rings. The third-order valence-electron chi connectivity index (χ3n) is 5.26. The van der Waals surface area contributed by atoms with Gasteiger partial charge in [-0.25, -0.2) is 5.43 Å². The lowest BCUT2D eigenvalue weighted by Gasteiger charge is -2.15. The number of ether oxygens (including phenoxy) is 2. The number of carbonyl (C=O) groups is 1. The summed E-state index contributed by atoms with van der Waals surface area (Å²) in [5.74, 6) is 1.03. The molecule has 4 rings (SSSR count). The van der Waals surface area contributed by atoms with Crippen LogP contribution in [0.2, 0.25) is 0 Å². The van der Waals surface area contributed by atoms with Crippen molar-refractivity contribution < 1.29 is 14.3 Å². The molecule has 0 saturated carbocycles. The summed E-state index contributed by atoms with van der Waals surface area (Å²) >= 11 is 7.00. The van der Waals surface area contributed by atoms with Gasteiger partial charge < -0.3 is 9.47 Å². The van der Waals surface area contributed by atoms with Gasteiger partial charge in [0.05, 0.1) is 23.7 Å². The fourth-order valence-corrected chi connectivity index (χ4v) is 4.48. The highest BCUT2D eigenvalue weighted by Crippen LogP contribution is 2.37. The average Bonchev–Trinajstić information content (AvgIpc) is 2.85. The first-order valence-electron chi connectivity index (χ1n) is 11.2. The molecule has 1 N–H and O–H groups in total. The number of hydrazone groups is 1. The smallest absolute Gasteiger partial charge is 0.244 e. The highest BCUT2D eigenvalue weighted by Gasteiger charge is 2.13. The fourth-order valence-electron chi connectivity index (χ4n) is 3.64. The van der Waals surface area contributed by atoms with Crippen molar-refractivity contribution in [3.63, 3.8) is 0 Å². The molecule has 0 unspecified atom stereocenters. The summed E-state index contributed by atoms with van der Waals surface area (Å²) in [4.78, 5) is 12.2. The first-order chi connectivity index (χ1) is 17.0. The zero-order chi connectivity index (χ0) is 24.6. The molecule has 4 aromatic rings. The van der Waals surface area contributed by atoms with Crippen LogP contribution >= 0.6 is 31.9 Å². The summed E-state index contributed by atoms with van der Waals surface area (Å²) in [6.07, 6.45) is 1.83. The minimum Gasteiger partial charge on any atom is -0.490 e. The van der Waals surface area contributed by atoms with E-state index in [0.29, 0.717) is 24.7 Å². The molecular formula is C28H24Br2N2O3. The van der Waals surface area contributed by atoms with Crippen LogP contribution < -0.4 is 14.9 Å². The van der Waals surface area contributed by atoms with Crippen LogP contribution in [0.5, 0.6) is 11.5 Å². The standard InChI is InChI=1S/C28H24Br2N2O3/c1-2-34-26-15-20(17-31-32-27(33)16-19-10-12-23(29)13-11-19)14-25(30)28(26)35-18-22-8-5-7-21-6-3-4-9-24(21)22/h3-15,17H,2,16,18H2,1H3,(H,32,33)/b31-17+. The maximum absolute atomic E-state index is 12.2. The van der Waals surface area contributed by atoms with Crippen LogP contribution in [0.25, 0.3) is 10.8 Å². The van der Waals surface area contributed by atoms with Gasteiger partial charge in [0.25, 0.3) is 0 Å². The molecule has 0 bridgehead atoms. The van der Waals surface area contributed by atoms with E-state index in [9.17, 15) is 4.79 Å². The Kier molecular flexibility index (Phi) is 8.55. The highest BCUT2D eigenvalue weighted by molar-refractivity contribution is 9.10. The zero-order valence-corrected chi connectivity index (χ0v) is 22.3. The Bertz CT molecular complexity index is 1350. The van der Waals surface area contributed by atoms with Crippen LogP contribution in [0.1, 0.15) is 23.6 Å². The Balaban J connectivity index is 1.45. The minimum atomic E-state index is -0.192. The Labute approximate surface area is 221 Å². The van der Waals surface area contributed by atoms with Gasteiger partial charge in [-0.15, -0.1) is 0 Å². The second-order valence-electron chi connectivity index (χ2n) is 7.79. The van der Waals surface area contributed by atoms with Crippen molar-refractivity contribution in [2.75, 3.05) is 6.61 Å². The molecule has 0 spiro atoms. The van der Waals surface area contributed by atoms with E-state index >= 15 is 0 Å². The summed E-state index contributed by atoms with van der Waals surface area (Å²) in [6, 6.07) is 25.8. The normalized spacial score (nSPS) is 11.1. The molecule has 0 heterocycles. The molecule has 5 nitrogen and oxygen atoms in total. The van der Waals surface area contributed by atoms with E-state index in [1.807, 2.05) is 61.5 Å². The first-order valence-corrected chi connectivity index (χ1v) is 12.7. The van der Waals surface area contributed by atoms with E-state index < -0.39 is 0 Å². The molecule has 0 aromatic heterocycles. The monoisotopic (exact) mass is 594 g/mol. The molecule has 35 heavy (non-hydrogen) atoms. The average molecular weight is 596 g/mol. The summed E-state index contributed by atoms with van der Waals surface area (Å²) in [7, 11) is 0. The second-order valence-corrected chi connectivity index (χ2v) is 9.56. The first kappa shape index (κ1) is 24.9. The van der Waals surface area contributed by atoms with Crippen molar-refractivity contribution in [1.82, 2.24) is 5.43 Å². The van der Waals surface area contributed by atoms with E-state index in [-0.39, 0.29) is 12.3 Å². The van der Waals surface area contributed by atoms with Gasteiger partial charge in [-0.2, -0.15) is 5.10 Å². The summed E-state index contributed by atoms with van der Waals surface area (Å²) < 4.78 is 13.8. The van der Waals surface area contributed by atoms with Gasteiger partial charge in [0.15, 0.2) is 11.5 Å². The number of fused-ring (bicyclic) bond motifs is 1. The van der Waals surface area contributed by atoms with Gasteiger partial charge in [-0.1, -0.05) is 70.5 Å². The number of hydrogen-bond acceptors (Lipinski definition) is 4. The molecule has 7 heteroatoms. The third-order valence-corrected chi connectivity index (χ3v) is 6.38. The topological polar surface area (TPSA) is 59.9 Å². The molecule has 0 fully saturated rings. The maximum atomic E-state index is 12.2. The van der Waals surface area contributed by atoms with Crippen LogP contribution in [0.3, 0.4) is 0 Å². The highest BCUT2D eigenvalue weighted by atomic mass is 79.9. The van der Waals surface area contributed by atoms with E-state index in [2.05, 4.69) is 66.7 Å².